The van der Waals surface area contributed by atoms with E-state index in [1.54, 1.807) is 0 Å². The van der Waals surface area contributed by atoms with Crippen molar-refractivity contribution in [1.82, 2.24) is 4.90 Å². The molecule has 0 aliphatic carbocycles. The number of azide groups is 1. The lowest BCUT2D eigenvalue weighted by atomic mass is 10.1. The fraction of sp³-hybridized carbons (Fsp3) is 0.909. The van der Waals surface area contributed by atoms with Crippen LogP contribution in [0.4, 0.5) is 0 Å². The Bertz CT molecular complexity index is 300. The predicted octanol–water partition coefficient (Wildman–Crippen LogP) is 1.96. The van der Waals surface area contributed by atoms with E-state index in [4.69, 9.17) is 10.3 Å². The molecule has 6 nitrogen and oxygen atoms in total. The molecule has 1 aliphatic rings. The van der Waals surface area contributed by atoms with Crippen molar-refractivity contribution in [3.05, 3.63) is 10.4 Å². The minimum Gasteiger partial charge on any atom is -0.379 e. The van der Waals surface area contributed by atoms with E-state index in [9.17, 15) is 4.79 Å². The van der Waals surface area contributed by atoms with Gasteiger partial charge in [0.05, 0.1) is 6.10 Å². The van der Waals surface area contributed by atoms with E-state index in [0.29, 0.717) is 26.1 Å². The van der Waals surface area contributed by atoms with E-state index in [1.807, 2.05) is 18.7 Å². The Balaban J connectivity index is 2.21. The van der Waals surface area contributed by atoms with Crippen molar-refractivity contribution >= 4 is 5.91 Å². The second kappa shape index (κ2) is 7.14. The average molecular weight is 240 g/mol. The largest absolute Gasteiger partial charge is 0.379 e. The van der Waals surface area contributed by atoms with Crippen LogP contribution in [0, 0.1) is 5.92 Å². The molecule has 0 N–H and O–H groups in total. The lowest BCUT2D eigenvalue weighted by Gasteiger charge is -2.16. The third-order valence-corrected chi connectivity index (χ3v) is 2.72. The lowest BCUT2D eigenvalue weighted by Crippen LogP contribution is -2.27. The molecule has 0 saturated carbocycles. The van der Waals surface area contributed by atoms with Gasteiger partial charge in [0.15, 0.2) is 0 Å². The summed E-state index contributed by atoms with van der Waals surface area (Å²) in [6.07, 6.45) is 1.60. The molecule has 1 heterocycles. The zero-order chi connectivity index (χ0) is 12.7. The zero-order valence-corrected chi connectivity index (χ0v) is 10.5. The normalized spacial score (nSPS) is 19.8. The van der Waals surface area contributed by atoms with Gasteiger partial charge >= 0.3 is 0 Å². The maximum Gasteiger partial charge on any atom is 0.222 e. The number of carbonyl (C=O) groups is 1. The van der Waals surface area contributed by atoms with Gasteiger partial charge in [0, 0.05) is 37.6 Å². The molecule has 1 fully saturated rings. The Morgan fingerprint density at radius 2 is 2.41 bits per heavy atom. The van der Waals surface area contributed by atoms with Gasteiger partial charge in [-0.25, -0.2) is 0 Å². The summed E-state index contributed by atoms with van der Waals surface area (Å²) >= 11 is 0. The number of hydrogen-bond acceptors (Lipinski definition) is 3. The first kappa shape index (κ1) is 13.8. The van der Waals surface area contributed by atoms with E-state index in [-0.39, 0.29) is 17.9 Å². The second-order valence-electron chi connectivity index (χ2n) is 4.60. The van der Waals surface area contributed by atoms with Crippen LogP contribution >= 0.6 is 0 Å². The molecule has 0 aromatic heterocycles. The molecule has 0 bridgehead atoms. The summed E-state index contributed by atoms with van der Waals surface area (Å²) in [5, 5.41) is 3.52. The molecule has 1 unspecified atom stereocenters. The molecule has 6 heteroatoms. The standard InChI is InChI=1S/C11H20N4O2/c1-9(2)17-5-3-4-15-8-10(6-11(15)16)7-13-14-12/h9-10H,3-8H2,1-2H3. The third kappa shape index (κ3) is 5.06. The van der Waals surface area contributed by atoms with Crippen LogP contribution in [0.25, 0.3) is 10.4 Å². The number of ether oxygens (including phenoxy) is 1. The number of nitrogens with zero attached hydrogens (tertiary/aromatic N) is 4. The number of amides is 1. The zero-order valence-electron chi connectivity index (χ0n) is 10.5. The number of rotatable bonds is 7. The van der Waals surface area contributed by atoms with Crippen LogP contribution in [0.1, 0.15) is 26.7 Å². The van der Waals surface area contributed by atoms with Gasteiger partial charge in [-0.3, -0.25) is 4.79 Å². The van der Waals surface area contributed by atoms with Crippen LogP contribution in [0.15, 0.2) is 5.11 Å². The van der Waals surface area contributed by atoms with Gasteiger partial charge < -0.3 is 9.64 Å². The highest BCUT2D eigenvalue weighted by molar-refractivity contribution is 5.78. The summed E-state index contributed by atoms with van der Waals surface area (Å²) in [6, 6.07) is 0. The van der Waals surface area contributed by atoms with Crippen LogP contribution < -0.4 is 0 Å². The van der Waals surface area contributed by atoms with Gasteiger partial charge in [-0.2, -0.15) is 0 Å². The lowest BCUT2D eigenvalue weighted by molar-refractivity contribution is -0.127. The van der Waals surface area contributed by atoms with Gasteiger partial charge in [0.25, 0.3) is 0 Å². The molecule has 0 spiro atoms. The average Bonchev–Trinajstić information content (AvgIpc) is 2.62. The van der Waals surface area contributed by atoms with Crippen molar-refractivity contribution in [2.24, 2.45) is 11.0 Å². The van der Waals surface area contributed by atoms with Crippen molar-refractivity contribution in [1.29, 1.82) is 0 Å². The van der Waals surface area contributed by atoms with Gasteiger partial charge in [-0.15, -0.1) is 0 Å². The Hall–Kier alpha value is -1.26. The Kier molecular flexibility index (Phi) is 5.80. The molecule has 0 aromatic rings. The van der Waals surface area contributed by atoms with E-state index < -0.39 is 0 Å². The summed E-state index contributed by atoms with van der Waals surface area (Å²) in [5.41, 5.74) is 8.23. The van der Waals surface area contributed by atoms with Gasteiger partial charge in [0.1, 0.15) is 0 Å². The summed E-state index contributed by atoms with van der Waals surface area (Å²) in [4.78, 5) is 16.2. The van der Waals surface area contributed by atoms with Crippen LogP contribution in [0.2, 0.25) is 0 Å². The van der Waals surface area contributed by atoms with Crippen LogP contribution in [0.5, 0.6) is 0 Å². The molecule has 0 radical (unpaired) electrons. The van der Waals surface area contributed by atoms with Gasteiger partial charge in [-0.1, -0.05) is 5.11 Å². The van der Waals surface area contributed by atoms with E-state index in [1.165, 1.54) is 0 Å². The van der Waals surface area contributed by atoms with Crippen molar-refractivity contribution in [2.45, 2.75) is 32.8 Å². The monoisotopic (exact) mass is 240 g/mol. The Morgan fingerprint density at radius 3 is 3.06 bits per heavy atom. The predicted molar refractivity (Wildman–Crippen MR) is 64.4 cm³/mol. The first-order valence-corrected chi connectivity index (χ1v) is 6.03. The SMILES string of the molecule is CC(C)OCCCN1CC(CN=[N+]=[N-])CC1=O. The maximum atomic E-state index is 11.6. The fourth-order valence-electron chi connectivity index (χ4n) is 1.92. The molecular formula is C11H20N4O2. The molecular weight excluding hydrogens is 220 g/mol. The number of hydrogen-bond donors (Lipinski definition) is 0. The Morgan fingerprint density at radius 1 is 1.65 bits per heavy atom. The number of likely N-dealkylation sites (tertiary alicyclic amines) is 1. The minimum absolute atomic E-state index is 0.160. The van der Waals surface area contributed by atoms with Crippen LogP contribution in [0.3, 0.4) is 0 Å². The summed E-state index contributed by atoms with van der Waals surface area (Å²) in [5.74, 6) is 0.345. The topological polar surface area (TPSA) is 78.3 Å². The smallest absolute Gasteiger partial charge is 0.222 e. The summed E-state index contributed by atoms with van der Waals surface area (Å²) < 4.78 is 5.42. The molecule has 1 aliphatic heterocycles. The molecule has 17 heavy (non-hydrogen) atoms. The van der Waals surface area contributed by atoms with Crippen molar-refractivity contribution in [3.63, 3.8) is 0 Å². The maximum absolute atomic E-state index is 11.6. The van der Waals surface area contributed by atoms with Gasteiger partial charge in [-0.05, 0) is 31.7 Å². The van der Waals surface area contributed by atoms with Crippen molar-refractivity contribution in [2.75, 3.05) is 26.2 Å². The highest BCUT2D eigenvalue weighted by Crippen LogP contribution is 2.18. The van der Waals surface area contributed by atoms with E-state index in [0.717, 1.165) is 13.0 Å². The third-order valence-electron chi connectivity index (χ3n) is 2.72. The number of carbonyl (C=O) groups excluding carboxylic acids is 1. The quantitative estimate of drug-likeness (QED) is 0.295. The molecule has 1 atom stereocenters. The van der Waals surface area contributed by atoms with Gasteiger partial charge in [0.2, 0.25) is 5.91 Å². The molecule has 1 amide bonds. The first-order chi connectivity index (χ1) is 8.13. The second-order valence-corrected chi connectivity index (χ2v) is 4.60. The summed E-state index contributed by atoms with van der Waals surface area (Å²) in [6.45, 7) is 6.54. The van der Waals surface area contributed by atoms with Crippen LogP contribution in [-0.4, -0.2) is 43.2 Å². The molecule has 96 valence electrons. The highest BCUT2D eigenvalue weighted by atomic mass is 16.5. The summed E-state index contributed by atoms with van der Waals surface area (Å²) in [7, 11) is 0. The van der Waals surface area contributed by atoms with Crippen molar-refractivity contribution < 1.29 is 9.53 Å². The van der Waals surface area contributed by atoms with Crippen molar-refractivity contribution in [3.8, 4) is 0 Å². The minimum atomic E-state index is 0.160. The van der Waals surface area contributed by atoms with E-state index in [2.05, 4.69) is 10.0 Å². The highest BCUT2D eigenvalue weighted by Gasteiger charge is 2.28. The molecule has 0 aromatic carbocycles. The Labute approximate surface area is 102 Å². The molecule has 1 saturated heterocycles. The van der Waals surface area contributed by atoms with E-state index >= 15 is 0 Å². The molecule has 1 rings (SSSR count). The van der Waals surface area contributed by atoms with Crippen LogP contribution in [-0.2, 0) is 9.53 Å². The fourth-order valence-corrected chi connectivity index (χ4v) is 1.92. The first-order valence-electron chi connectivity index (χ1n) is 6.03.